The summed E-state index contributed by atoms with van der Waals surface area (Å²) in [4.78, 5) is 26.3. The standard InChI is InChI=1S/C20H26F3N3O6S/c1-19(2,3)31-18(28)26-8-6-12(7-9-26)14-10-13(32-33(29,30)20(21,22)23)11-15-16(14)25(5)17(27)24(15)4/h10-12H,6-9H2,1-5H3. The van der Waals surface area contributed by atoms with E-state index in [9.17, 15) is 31.2 Å². The molecule has 3 rings (SSSR count). The molecule has 9 nitrogen and oxygen atoms in total. The van der Waals surface area contributed by atoms with Gasteiger partial charge in [0.15, 0.2) is 0 Å². The Labute approximate surface area is 188 Å². The van der Waals surface area contributed by atoms with Crippen LogP contribution in [0.15, 0.2) is 16.9 Å². The van der Waals surface area contributed by atoms with E-state index in [0.717, 1.165) is 6.07 Å². The Balaban J connectivity index is 1.98. The van der Waals surface area contributed by atoms with Crippen molar-refractivity contribution >= 4 is 27.2 Å². The van der Waals surface area contributed by atoms with E-state index in [-0.39, 0.29) is 11.4 Å². The summed E-state index contributed by atoms with van der Waals surface area (Å²) >= 11 is 0. The minimum Gasteiger partial charge on any atom is -0.444 e. The van der Waals surface area contributed by atoms with E-state index < -0.39 is 38.8 Å². The summed E-state index contributed by atoms with van der Waals surface area (Å²) in [6, 6.07) is 2.32. The summed E-state index contributed by atoms with van der Waals surface area (Å²) in [6.45, 7) is 5.92. The molecule has 1 amide bonds. The van der Waals surface area contributed by atoms with Gasteiger partial charge in [-0.3, -0.25) is 9.13 Å². The van der Waals surface area contributed by atoms with Crippen molar-refractivity contribution in [1.29, 1.82) is 0 Å². The lowest BCUT2D eigenvalue weighted by molar-refractivity contribution is -0.0500. The molecule has 0 saturated carbocycles. The highest BCUT2D eigenvalue weighted by molar-refractivity contribution is 7.88. The van der Waals surface area contributed by atoms with Gasteiger partial charge < -0.3 is 13.8 Å². The van der Waals surface area contributed by atoms with Gasteiger partial charge in [-0.1, -0.05) is 0 Å². The van der Waals surface area contributed by atoms with Gasteiger partial charge in [0.05, 0.1) is 11.0 Å². The topological polar surface area (TPSA) is 99.8 Å². The molecule has 0 N–H and O–H groups in total. The molecule has 0 radical (unpaired) electrons. The van der Waals surface area contributed by atoms with Crippen LogP contribution in [0.5, 0.6) is 5.75 Å². The number of carbonyl (C=O) groups is 1. The summed E-state index contributed by atoms with van der Waals surface area (Å²) in [5, 5.41) is 0. The second-order valence-electron chi connectivity index (χ2n) is 9.01. The normalized spacial score (nSPS) is 16.3. The first kappa shape index (κ1) is 24.9. The van der Waals surface area contributed by atoms with Crippen LogP contribution in [0.4, 0.5) is 18.0 Å². The average molecular weight is 494 g/mol. The summed E-state index contributed by atoms with van der Waals surface area (Å²) in [5.41, 5.74) is -5.49. The van der Waals surface area contributed by atoms with E-state index in [0.29, 0.717) is 37.0 Å². The van der Waals surface area contributed by atoms with Gasteiger partial charge in [-0.15, -0.1) is 0 Å². The largest absolute Gasteiger partial charge is 0.534 e. The molecule has 1 aromatic carbocycles. The van der Waals surface area contributed by atoms with Crippen LogP contribution >= 0.6 is 0 Å². The molecular formula is C20H26F3N3O6S. The zero-order chi connectivity index (χ0) is 24.9. The van der Waals surface area contributed by atoms with Crippen molar-refractivity contribution in [2.24, 2.45) is 14.1 Å². The third-order valence-corrected chi connectivity index (χ3v) is 6.42. The first-order valence-corrected chi connectivity index (χ1v) is 11.6. The molecule has 2 aromatic rings. The average Bonchev–Trinajstić information content (AvgIpc) is 2.89. The smallest absolute Gasteiger partial charge is 0.444 e. The van der Waals surface area contributed by atoms with Gasteiger partial charge in [0, 0.05) is 33.3 Å². The number of hydrogen-bond donors (Lipinski definition) is 0. The molecule has 1 fully saturated rings. The highest BCUT2D eigenvalue weighted by Gasteiger charge is 2.48. The third-order valence-electron chi connectivity index (χ3n) is 5.44. The molecule has 0 spiro atoms. The molecule has 1 aliphatic heterocycles. The van der Waals surface area contributed by atoms with E-state index in [1.165, 1.54) is 34.2 Å². The van der Waals surface area contributed by atoms with Crippen molar-refractivity contribution in [3.05, 3.63) is 28.2 Å². The highest BCUT2D eigenvalue weighted by atomic mass is 32.2. The Hall–Kier alpha value is -2.70. The second-order valence-corrected chi connectivity index (χ2v) is 10.5. The number of fused-ring (bicyclic) bond motifs is 1. The molecule has 1 aliphatic rings. The SMILES string of the molecule is Cn1c(=O)n(C)c2c(C3CCN(C(=O)OC(C)(C)C)CC3)cc(OS(=O)(=O)C(F)(F)F)cc21. The van der Waals surface area contributed by atoms with Gasteiger partial charge >= 0.3 is 27.4 Å². The number of aromatic nitrogens is 2. The van der Waals surface area contributed by atoms with Crippen LogP contribution in [0.3, 0.4) is 0 Å². The summed E-state index contributed by atoms with van der Waals surface area (Å²) in [7, 11) is -2.93. The van der Waals surface area contributed by atoms with Gasteiger partial charge in [-0.2, -0.15) is 21.6 Å². The van der Waals surface area contributed by atoms with Gasteiger partial charge in [0.1, 0.15) is 11.4 Å². The minimum atomic E-state index is -5.88. The summed E-state index contributed by atoms with van der Waals surface area (Å²) < 4.78 is 74.0. The van der Waals surface area contributed by atoms with Crippen molar-refractivity contribution in [2.45, 2.75) is 50.6 Å². The van der Waals surface area contributed by atoms with Crippen LogP contribution in [0.25, 0.3) is 11.0 Å². The fourth-order valence-electron chi connectivity index (χ4n) is 3.89. The van der Waals surface area contributed by atoms with Gasteiger partial charge in [-0.05, 0) is 51.2 Å². The summed E-state index contributed by atoms with van der Waals surface area (Å²) in [6.07, 6.45) is 0.409. The van der Waals surface area contributed by atoms with E-state index >= 15 is 0 Å². The minimum absolute atomic E-state index is 0.238. The molecule has 13 heteroatoms. The third kappa shape index (κ3) is 4.97. The number of benzene rings is 1. The molecule has 0 bridgehead atoms. The van der Waals surface area contributed by atoms with Crippen LogP contribution < -0.4 is 9.87 Å². The van der Waals surface area contributed by atoms with E-state index in [1.807, 2.05) is 0 Å². The fraction of sp³-hybridized carbons (Fsp3) is 0.600. The van der Waals surface area contributed by atoms with Crippen molar-refractivity contribution in [1.82, 2.24) is 14.0 Å². The molecule has 184 valence electrons. The molecule has 0 unspecified atom stereocenters. The number of rotatable bonds is 3. The summed E-state index contributed by atoms with van der Waals surface area (Å²) in [5.74, 6) is -0.790. The van der Waals surface area contributed by atoms with Gasteiger partial charge in [0.2, 0.25) is 0 Å². The maximum Gasteiger partial charge on any atom is 0.534 e. The lowest BCUT2D eigenvalue weighted by Gasteiger charge is -2.34. The lowest BCUT2D eigenvalue weighted by Crippen LogP contribution is -2.41. The zero-order valence-corrected chi connectivity index (χ0v) is 19.7. The van der Waals surface area contributed by atoms with Crippen LogP contribution in [-0.4, -0.2) is 52.7 Å². The number of ether oxygens (including phenoxy) is 1. The number of alkyl halides is 3. The predicted molar refractivity (Wildman–Crippen MR) is 114 cm³/mol. The number of nitrogens with zero attached hydrogens (tertiary/aromatic N) is 3. The van der Waals surface area contributed by atoms with Crippen LogP contribution in [0.1, 0.15) is 45.1 Å². The van der Waals surface area contributed by atoms with E-state index in [4.69, 9.17) is 4.74 Å². The van der Waals surface area contributed by atoms with Crippen molar-refractivity contribution in [3.8, 4) is 5.75 Å². The van der Waals surface area contributed by atoms with E-state index in [1.54, 1.807) is 20.8 Å². The molecule has 1 aromatic heterocycles. The number of amides is 1. The van der Waals surface area contributed by atoms with Gasteiger partial charge in [0.25, 0.3) is 0 Å². The number of likely N-dealkylation sites (tertiary alicyclic amines) is 1. The van der Waals surface area contributed by atoms with E-state index in [2.05, 4.69) is 4.18 Å². The first-order chi connectivity index (χ1) is 15.0. The van der Waals surface area contributed by atoms with Crippen molar-refractivity contribution < 1.29 is 35.3 Å². The molecule has 2 heterocycles. The number of halogens is 3. The quantitative estimate of drug-likeness (QED) is 0.481. The maximum absolute atomic E-state index is 12.9. The zero-order valence-electron chi connectivity index (χ0n) is 18.9. The fourth-order valence-corrected chi connectivity index (χ4v) is 4.34. The van der Waals surface area contributed by atoms with Crippen molar-refractivity contribution in [3.63, 3.8) is 0 Å². The Morgan fingerprint density at radius 2 is 1.64 bits per heavy atom. The Kier molecular flexibility index (Phi) is 6.24. The highest BCUT2D eigenvalue weighted by Crippen LogP contribution is 2.37. The number of imidazole rings is 1. The maximum atomic E-state index is 12.9. The van der Waals surface area contributed by atoms with Crippen molar-refractivity contribution in [2.75, 3.05) is 13.1 Å². The molecule has 0 aliphatic carbocycles. The molecule has 1 saturated heterocycles. The molecule has 0 atom stereocenters. The number of hydrogen-bond acceptors (Lipinski definition) is 6. The predicted octanol–water partition coefficient (Wildman–Crippen LogP) is 3.22. The molecular weight excluding hydrogens is 467 g/mol. The van der Waals surface area contributed by atoms with Crippen LogP contribution in [-0.2, 0) is 29.0 Å². The Morgan fingerprint density at radius 1 is 1.06 bits per heavy atom. The Morgan fingerprint density at radius 3 is 2.15 bits per heavy atom. The number of aryl methyl sites for hydroxylation is 2. The van der Waals surface area contributed by atoms with Crippen LogP contribution in [0, 0.1) is 0 Å². The monoisotopic (exact) mass is 493 g/mol. The van der Waals surface area contributed by atoms with Crippen LogP contribution in [0.2, 0.25) is 0 Å². The number of piperidine rings is 1. The number of carbonyl (C=O) groups excluding carboxylic acids is 1. The van der Waals surface area contributed by atoms with Gasteiger partial charge in [-0.25, -0.2) is 9.59 Å². The molecule has 33 heavy (non-hydrogen) atoms. The lowest BCUT2D eigenvalue weighted by atomic mass is 9.88. The Bertz CT molecular complexity index is 1230. The second kappa shape index (κ2) is 8.26. The first-order valence-electron chi connectivity index (χ1n) is 10.2.